The Balaban J connectivity index is 2.08. The molecule has 1 N–H and O–H groups in total. The normalized spacial score (nSPS) is 15.6. The van der Waals surface area contributed by atoms with Gasteiger partial charge in [-0.2, -0.15) is 0 Å². The van der Waals surface area contributed by atoms with Crippen LogP contribution in [-0.2, 0) is 4.74 Å². The summed E-state index contributed by atoms with van der Waals surface area (Å²) in [6.07, 6.45) is 4.86. The van der Waals surface area contributed by atoms with Crippen molar-refractivity contribution >= 4 is 28.2 Å². The van der Waals surface area contributed by atoms with Crippen LogP contribution in [0.5, 0.6) is 0 Å². The monoisotopic (exact) mass is 310 g/mol. The van der Waals surface area contributed by atoms with Crippen molar-refractivity contribution in [2.75, 3.05) is 18.5 Å². The first-order chi connectivity index (χ1) is 10.0. The number of aromatic nitrogens is 1. The van der Waals surface area contributed by atoms with Crippen LogP contribution >= 0.6 is 11.3 Å². The zero-order valence-electron chi connectivity index (χ0n) is 12.8. The van der Waals surface area contributed by atoms with E-state index < -0.39 is 5.97 Å². The van der Waals surface area contributed by atoms with Crippen LogP contribution < -0.4 is 5.32 Å². The molecule has 0 aliphatic heterocycles. The maximum absolute atomic E-state index is 11.8. The summed E-state index contributed by atoms with van der Waals surface area (Å²) in [7, 11) is 0. The number of nitrogens with one attached hydrogen (secondary N) is 1. The molecule has 0 amide bonds. The predicted molar refractivity (Wildman–Crippen MR) is 83.1 cm³/mol. The van der Waals surface area contributed by atoms with Gasteiger partial charge in [-0.15, -0.1) is 0 Å². The van der Waals surface area contributed by atoms with Crippen LogP contribution in [0.1, 0.15) is 66.6 Å². The molecule has 21 heavy (non-hydrogen) atoms. The van der Waals surface area contributed by atoms with E-state index in [2.05, 4.69) is 17.2 Å². The van der Waals surface area contributed by atoms with Crippen LogP contribution in [-0.4, -0.2) is 29.9 Å². The third kappa shape index (κ3) is 3.81. The fraction of sp³-hybridized carbons (Fsp3) is 0.667. The molecule has 1 saturated carbocycles. The molecule has 0 unspecified atom stereocenters. The minimum absolute atomic E-state index is 0.136. The molecule has 5 nitrogen and oxygen atoms in total. The summed E-state index contributed by atoms with van der Waals surface area (Å²) in [4.78, 5) is 28.1. The Morgan fingerprint density at radius 2 is 2.10 bits per heavy atom. The Morgan fingerprint density at radius 3 is 2.62 bits per heavy atom. The highest BCUT2D eigenvalue weighted by Gasteiger charge is 2.41. The van der Waals surface area contributed by atoms with Gasteiger partial charge >= 0.3 is 5.97 Å². The van der Waals surface area contributed by atoms with Gasteiger partial charge in [0.05, 0.1) is 6.61 Å². The molecular formula is C15H22N2O3S. The van der Waals surface area contributed by atoms with Crippen LogP contribution in [0.3, 0.4) is 0 Å². The van der Waals surface area contributed by atoms with E-state index in [1.807, 2.05) is 0 Å². The minimum atomic E-state index is -0.526. The van der Waals surface area contributed by atoms with E-state index in [0.29, 0.717) is 15.4 Å². The first-order valence-electron chi connectivity index (χ1n) is 7.44. The lowest BCUT2D eigenvalue weighted by atomic mass is 10.0. The summed E-state index contributed by atoms with van der Waals surface area (Å²) < 4.78 is 4.95. The van der Waals surface area contributed by atoms with Crippen LogP contribution in [0.25, 0.3) is 0 Å². The standard InChI is InChI=1S/C15H22N2O3S/c1-4-6-15(7-8-15)9-16-14-17-11(13(19)20-5-2)12(21-14)10(3)18/h4-9H2,1-3H3,(H,16,17). The fourth-order valence-corrected chi connectivity index (χ4v) is 3.30. The molecule has 1 aromatic heterocycles. The highest BCUT2D eigenvalue weighted by molar-refractivity contribution is 7.17. The van der Waals surface area contributed by atoms with E-state index in [1.54, 1.807) is 6.92 Å². The van der Waals surface area contributed by atoms with Crippen molar-refractivity contribution in [3.05, 3.63) is 10.6 Å². The lowest BCUT2D eigenvalue weighted by Gasteiger charge is -2.13. The van der Waals surface area contributed by atoms with Gasteiger partial charge in [-0.3, -0.25) is 4.79 Å². The van der Waals surface area contributed by atoms with Crippen LogP contribution in [0.4, 0.5) is 5.13 Å². The molecule has 0 bridgehead atoms. The van der Waals surface area contributed by atoms with Gasteiger partial charge in [0, 0.05) is 13.5 Å². The molecule has 1 fully saturated rings. The highest BCUT2D eigenvalue weighted by Crippen LogP contribution is 2.49. The second-order valence-electron chi connectivity index (χ2n) is 5.58. The van der Waals surface area contributed by atoms with E-state index in [4.69, 9.17) is 4.74 Å². The summed E-state index contributed by atoms with van der Waals surface area (Å²) in [5.74, 6) is -0.681. The molecule has 0 saturated heterocycles. The van der Waals surface area contributed by atoms with Gasteiger partial charge in [-0.1, -0.05) is 24.7 Å². The van der Waals surface area contributed by atoms with E-state index >= 15 is 0 Å². The first kappa shape index (κ1) is 15.9. The molecule has 2 rings (SSSR count). The van der Waals surface area contributed by atoms with E-state index in [-0.39, 0.29) is 18.1 Å². The lowest BCUT2D eigenvalue weighted by Crippen LogP contribution is -2.15. The molecular weight excluding hydrogens is 288 g/mol. The van der Waals surface area contributed by atoms with Crippen molar-refractivity contribution in [3.63, 3.8) is 0 Å². The van der Waals surface area contributed by atoms with Gasteiger partial charge in [-0.05, 0) is 31.6 Å². The lowest BCUT2D eigenvalue weighted by molar-refractivity contribution is 0.0517. The van der Waals surface area contributed by atoms with Crippen LogP contribution in [0.2, 0.25) is 0 Å². The fourth-order valence-electron chi connectivity index (χ4n) is 2.46. The number of thiazole rings is 1. The summed E-state index contributed by atoms with van der Waals surface area (Å²) in [6.45, 7) is 6.50. The van der Waals surface area contributed by atoms with Crippen molar-refractivity contribution in [1.29, 1.82) is 0 Å². The van der Waals surface area contributed by atoms with E-state index in [0.717, 1.165) is 6.54 Å². The number of ketones is 1. The Bertz CT molecular complexity index is 535. The average Bonchev–Trinajstić information content (AvgIpc) is 3.06. The third-order valence-electron chi connectivity index (χ3n) is 3.77. The molecule has 1 heterocycles. The number of rotatable bonds is 8. The predicted octanol–water partition coefficient (Wildman–Crippen LogP) is 3.51. The maximum atomic E-state index is 11.8. The second kappa shape index (κ2) is 6.56. The topological polar surface area (TPSA) is 68.3 Å². The van der Waals surface area contributed by atoms with Gasteiger partial charge in [0.15, 0.2) is 16.6 Å². The third-order valence-corrected chi connectivity index (χ3v) is 4.88. The van der Waals surface area contributed by atoms with Gasteiger partial charge < -0.3 is 10.1 Å². The highest BCUT2D eigenvalue weighted by atomic mass is 32.1. The number of ether oxygens (including phenoxy) is 1. The summed E-state index contributed by atoms with van der Waals surface area (Å²) in [5.41, 5.74) is 0.526. The quantitative estimate of drug-likeness (QED) is 0.588. The SMILES string of the molecule is CCCC1(CNc2nc(C(=O)OCC)c(C(C)=O)s2)CC1. The first-order valence-corrected chi connectivity index (χ1v) is 8.25. The van der Waals surface area contributed by atoms with Crippen molar-refractivity contribution in [2.45, 2.75) is 46.5 Å². The van der Waals surface area contributed by atoms with E-state index in [9.17, 15) is 9.59 Å². The zero-order chi connectivity index (χ0) is 15.5. The van der Waals surface area contributed by atoms with Crippen molar-refractivity contribution < 1.29 is 14.3 Å². The Kier molecular flexibility index (Phi) is 4.98. The summed E-state index contributed by atoms with van der Waals surface area (Å²) >= 11 is 1.24. The minimum Gasteiger partial charge on any atom is -0.461 e. The van der Waals surface area contributed by atoms with Crippen molar-refractivity contribution in [2.24, 2.45) is 5.41 Å². The molecule has 0 atom stereocenters. The molecule has 0 aromatic carbocycles. The number of carbonyl (C=O) groups is 2. The van der Waals surface area contributed by atoms with Crippen molar-refractivity contribution in [3.8, 4) is 0 Å². The number of hydrogen-bond acceptors (Lipinski definition) is 6. The molecule has 116 valence electrons. The molecule has 0 radical (unpaired) electrons. The number of hydrogen-bond donors (Lipinski definition) is 1. The van der Waals surface area contributed by atoms with Gasteiger partial charge in [0.25, 0.3) is 0 Å². The molecule has 6 heteroatoms. The molecule has 1 aliphatic carbocycles. The summed E-state index contributed by atoms with van der Waals surface area (Å²) in [5, 5.41) is 3.92. The number of anilines is 1. The van der Waals surface area contributed by atoms with Crippen LogP contribution in [0.15, 0.2) is 0 Å². The van der Waals surface area contributed by atoms with Gasteiger partial charge in [-0.25, -0.2) is 9.78 Å². The molecule has 1 aliphatic rings. The number of Topliss-reactive ketones (excluding diaryl/α,β-unsaturated/α-hetero) is 1. The van der Waals surface area contributed by atoms with Crippen LogP contribution in [0, 0.1) is 5.41 Å². The summed E-state index contributed by atoms with van der Waals surface area (Å²) in [6, 6.07) is 0. The average molecular weight is 310 g/mol. The number of esters is 1. The van der Waals surface area contributed by atoms with Gasteiger partial charge in [0.1, 0.15) is 4.88 Å². The largest absolute Gasteiger partial charge is 0.461 e. The number of nitrogens with zero attached hydrogens (tertiary/aromatic N) is 1. The molecule has 1 aromatic rings. The van der Waals surface area contributed by atoms with Gasteiger partial charge in [0.2, 0.25) is 0 Å². The maximum Gasteiger partial charge on any atom is 0.358 e. The zero-order valence-corrected chi connectivity index (χ0v) is 13.6. The smallest absolute Gasteiger partial charge is 0.358 e. The number of carbonyl (C=O) groups excluding carboxylic acids is 2. The Hall–Kier alpha value is -1.43. The van der Waals surface area contributed by atoms with E-state index in [1.165, 1.54) is 43.9 Å². The Morgan fingerprint density at radius 1 is 1.38 bits per heavy atom. The second-order valence-corrected chi connectivity index (χ2v) is 6.58. The Labute approximate surface area is 129 Å². The van der Waals surface area contributed by atoms with Crippen molar-refractivity contribution in [1.82, 2.24) is 4.98 Å². The molecule has 0 spiro atoms.